The van der Waals surface area contributed by atoms with E-state index in [0.29, 0.717) is 17.7 Å². The summed E-state index contributed by atoms with van der Waals surface area (Å²) in [7, 11) is 0. The van der Waals surface area contributed by atoms with E-state index in [1.54, 1.807) is 0 Å². The quantitative estimate of drug-likeness (QED) is 0.859. The van der Waals surface area contributed by atoms with E-state index >= 15 is 0 Å². The first-order valence-electron chi connectivity index (χ1n) is 7.84. The predicted molar refractivity (Wildman–Crippen MR) is 85.4 cm³/mol. The normalized spacial score (nSPS) is 23.2. The molecular formula is C15H30ClN3O. The summed E-state index contributed by atoms with van der Waals surface area (Å²) in [6.07, 6.45) is 4.54. The lowest BCUT2D eigenvalue weighted by Crippen LogP contribution is -2.47. The summed E-state index contributed by atoms with van der Waals surface area (Å²) < 4.78 is 0. The van der Waals surface area contributed by atoms with Crippen LogP contribution in [0.25, 0.3) is 0 Å². The highest BCUT2D eigenvalue weighted by Gasteiger charge is 2.28. The number of amides is 1. The molecule has 2 heterocycles. The van der Waals surface area contributed by atoms with Crippen molar-refractivity contribution in [3.8, 4) is 0 Å². The van der Waals surface area contributed by atoms with Gasteiger partial charge in [0.05, 0.1) is 0 Å². The molecule has 0 radical (unpaired) electrons. The highest BCUT2D eigenvalue weighted by atomic mass is 35.5. The smallest absolute Gasteiger partial charge is 0.223 e. The Kier molecular flexibility index (Phi) is 7.27. The van der Waals surface area contributed by atoms with Crippen LogP contribution in [-0.2, 0) is 4.79 Å². The minimum atomic E-state index is 0. The molecule has 2 fully saturated rings. The average molecular weight is 304 g/mol. The molecule has 20 heavy (non-hydrogen) atoms. The third-order valence-electron chi connectivity index (χ3n) is 5.03. The number of nitrogens with one attached hydrogen (secondary N) is 1. The van der Waals surface area contributed by atoms with Gasteiger partial charge in [-0.2, -0.15) is 0 Å². The molecule has 5 heteroatoms. The number of halogens is 1. The summed E-state index contributed by atoms with van der Waals surface area (Å²) >= 11 is 0. The molecule has 1 amide bonds. The zero-order valence-corrected chi connectivity index (χ0v) is 13.8. The number of likely N-dealkylation sites (tertiary alicyclic amines) is 1. The van der Waals surface area contributed by atoms with Crippen LogP contribution in [0, 0.1) is 5.41 Å². The fraction of sp³-hybridized carbons (Fsp3) is 0.933. The second-order valence-electron chi connectivity index (χ2n) is 6.39. The highest BCUT2D eigenvalue weighted by molar-refractivity contribution is 5.85. The number of hydrogen-bond donors (Lipinski definition) is 1. The Morgan fingerprint density at radius 1 is 1.15 bits per heavy atom. The number of hydrogen-bond acceptors (Lipinski definition) is 3. The van der Waals surface area contributed by atoms with Crippen LogP contribution in [0.2, 0.25) is 0 Å². The van der Waals surface area contributed by atoms with Crippen molar-refractivity contribution in [1.82, 2.24) is 15.1 Å². The molecule has 0 aromatic heterocycles. The van der Waals surface area contributed by atoms with Crippen LogP contribution >= 0.6 is 12.4 Å². The topological polar surface area (TPSA) is 35.6 Å². The van der Waals surface area contributed by atoms with Gasteiger partial charge in [-0.1, -0.05) is 20.3 Å². The molecule has 0 aromatic rings. The maximum Gasteiger partial charge on any atom is 0.223 e. The second kappa shape index (κ2) is 8.20. The van der Waals surface area contributed by atoms with E-state index in [9.17, 15) is 4.79 Å². The summed E-state index contributed by atoms with van der Waals surface area (Å²) in [6.45, 7) is 11.6. The van der Waals surface area contributed by atoms with Crippen molar-refractivity contribution in [3.63, 3.8) is 0 Å². The van der Waals surface area contributed by atoms with Gasteiger partial charge in [0.25, 0.3) is 0 Å². The molecule has 2 saturated heterocycles. The minimum Gasteiger partial charge on any atom is -0.340 e. The molecule has 0 saturated carbocycles. The largest absolute Gasteiger partial charge is 0.340 e. The Morgan fingerprint density at radius 3 is 2.30 bits per heavy atom. The number of piperidine rings is 1. The lowest BCUT2D eigenvalue weighted by molar-refractivity contribution is -0.132. The van der Waals surface area contributed by atoms with Crippen molar-refractivity contribution < 1.29 is 4.79 Å². The molecule has 4 nitrogen and oxygen atoms in total. The van der Waals surface area contributed by atoms with Crippen LogP contribution in [0.1, 0.15) is 39.5 Å². The van der Waals surface area contributed by atoms with Gasteiger partial charge in [-0.15, -0.1) is 12.4 Å². The molecule has 0 spiro atoms. The zero-order chi connectivity index (χ0) is 13.7. The van der Waals surface area contributed by atoms with Crippen LogP contribution in [0.4, 0.5) is 0 Å². The molecular weight excluding hydrogens is 274 g/mol. The molecule has 2 aliphatic heterocycles. The Labute approximate surface area is 129 Å². The maximum atomic E-state index is 12.1. The van der Waals surface area contributed by atoms with Gasteiger partial charge in [-0.05, 0) is 31.3 Å². The van der Waals surface area contributed by atoms with Crippen molar-refractivity contribution >= 4 is 18.3 Å². The number of piperazine rings is 1. The number of carbonyl (C=O) groups is 1. The van der Waals surface area contributed by atoms with Gasteiger partial charge in [0.1, 0.15) is 0 Å². The molecule has 1 N–H and O–H groups in total. The van der Waals surface area contributed by atoms with E-state index in [-0.39, 0.29) is 12.4 Å². The van der Waals surface area contributed by atoms with E-state index in [4.69, 9.17) is 0 Å². The van der Waals surface area contributed by atoms with Gasteiger partial charge in [-0.25, -0.2) is 0 Å². The van der Waals surface area contributed by atoms with Gasteiger partial charge >= 0.3 is 0 Å². The first kappa shape index (κ1) is 17.7. The number of rotatable bonds is 4. The SMILES string of the molecule is CCC1(C)CCN(CCC(=O)N2CCNCC2)CC1.Cl. The summed E-state index contributed by atoms with van der Waals surface area (Å²) in [5.74, 6) is 0.338. The second-order valence-corrected chi connectivity index (χ2v) is 6.39. The van der Waals surface area contributed by atoms with Gasteiger partial charge in [0.15, 0.2) is 0 Å². The van der Waals surface area contributed by atoms with E-state index < -0.39 is 0 Å². The van der Waals surface area contributed by atoms with Crippen molar-refractivity contribution in [1.29, 1.82) is 0 Å². The molecule has 0 bridgehead atoms. The van der Waals surface area contributed by atoms with E-state index in [0.717, 1.165) is 32.7 Å². The lowest BCUT2D eigenvalue weighted by atomic mass is 9.78. The molecule has 0 aliphatic carbocycles. The van der Waals surface area contributed by atoms with Crippen molar-refractivity contribution in [2.45, 2.75) is 39.5 Å². The van der Waals surface area contributed by atoms with E-state index in [1.807, 2.05) is 4.90 Å². The van der Waals surface area contributed by atoms with Crippen LogP contribution in [0.15, 0.2) is 0 Å². The molecule has 0 unspecified atom stereocenters. The third-order valence-corrected chi connectivity index (χ3v) is 5.03. The van der Waals surface area contributed by atoms with E-state index in [1.165, 1.54) is 32.4 Å². The van der Waals surface area contributed by atoms with Crippen LogP contribution in [-0.4, -0.2) is 61.5 Å². The van der Waals surface area contributed by atoms with Crippen LogP contribution in [0.3, 0.4) is 0 Å². The lowest BCUT2D eigenvalue weighted by Gasteiger charge is -2.39. The fourth-order valence-corrected chi connectivity index (χ4v) is 3.00. The summed E-state index contributed by atoms with van der Waals surface area (Å²) in [5, 5.41) is 3.29. The minimum absolute atomic E-state index is 0. The fourth-order valence-electron chi connectivity index (χ4n) is 3.00. The third kappa shape index (κ3) is 4.90. The molecule has 0 aromatic carbocycles. The van der Waals surface area contributed by atoms with Crippen LogP contribution < -0.4 is 5.32 Å². The van der Waals surface area contributed by atoms with Crippen LogP contribution in [0.5, 0.6) is 0 Å². The van der Waals surface area contributed by atoms with Gasteiger partial charge in [0.2, 0.25) is 5.91 Å². The Hall–Kier alpha value is -0.320. The predicted octanol–water partition coefficient (Wildman–Crippen LogP) is 1.74. The van der Waals surface area contributed by atoms with Gasteiger partial charge in [-0.3, -0.25) is 4.79 Å². The molecule has 2 rings (SSSR count). The standard InChI is InChI=1S/C15H29N3O.ClH/c1-3-15(2)5-10-17(11-6-15)9-4-14(19)18-12-7-16-8-13-18;/h16H,3-13H2,1-2H3;1H. The Morgan fingerprint density at radius 2 is 1.75 bits per heavy atom. The van der Waals surface area contributed by atoms with Crippen molar-refractivity contribution in [2.24, 2.45) is 5.41 Å². The van der Waals surface area contributed by atoms with Crippen molar-refractivity contribution in [3.05, 3.63) is 0 Å². The molecule has 0 atom stereocenters. The Balaban J connectivity index is 0.00000200. The molecule has 2 aliphatic rings. The summed E-state index contributed by atoms with van der Waals surface area (Å²) in [5.41, 5.74) is 0.541. The summed E-state index contributed by atoms with van der Waals surface area (Å²) in [6, 6.07) is 0. The van der Waals surface area contributed by atoms with Gasteiger partial charge in [0, 0.05) is 39.1 Å². The number of nitrogens with zero attached hydrogens (tertiary/aromatic N) is 2. The summed E-state index contributed by atoms with van der Waals surface area (Å²) in [4.78, 5) is 16.6. The first-order chi connectivity index (χ1) is 9.13. The monoisotopic (exact) mass is 303 g/mol. The molecule has 118 valence electrons. The zero-order valence-electron chi connectivity index (χ0n) is 13.0. The first-order valence-corrected chi connectivity index (χ1v) is 7.84. The van der Waals surface area contributed by atoms with E-state index in [2.05, 4.69) is 24.1 Å². The van der Waals surface area contributed by atoms with Gasteiger partial charge < -0.3 is 15.1 Å². The maximum absolute atomic E-state index is 12.1. The number of carbonyl (C=O) groups excluding carboxylic acids is 1. The Bertz CT molecular complexity index is 297. The highest BCUT2D eigenvalue weighted by Crippen LogP contribution is 2.33. The average Bonchev–Trinajstić information content (AvgIpc) is 2.47. The van der Waals surface area contributed by atoms with Crippen molar-refractivity contribution in [2.75, 3.05) is 45.8 Å².